The molecule has 0 aromatic heterocycles. The Morgan fingerprint density at radius 2 is 1.88 bits per heavy atom. The Bertz CT molecular complexity index is 1410. The molecule has 2 saturated heterocycles. The molecule has 0 N–H and O–H groups in total. The van der Waals surface area contributed by atoms with Gasteiger partial charge in [-0.1, -0.05) is 24.8 Å². The number of ether oxygens (including phenoxy) is 6. The first-order chi connectivity index (χ1) is 20.3. The van der Waals surface area contributed by atoms with Gasteiger partial charge in [-0.05, 0) is 87.1 Å². The predicted octanol–water partition coefficient (Wildman–Crippen LogP) is 5.94. The van der Waals surface area contributed by atoms with E-state index in [-0.39, 0.29) is 36.3 Å². The Kier molecular flexibility index (Phi) is 8.73. The van der Waals surface area contributed by atoms with Crippen molar-refractivity contribution in [1.29, 1.82) is 0 Å². The van der Waals surface area contributed by atoms with Crippen LogP contribution in [0, 0.1) is 5.92 Å². The minimum absolute atomic E-state index is 0.103. The van der Waals surface area contributed by atoms with Gasteiger partial charge >= 0.3 is 11.9 Å². The largest absolute Gasteiger partial charge is 0.497 e. The third kappa shape index (κ3) is 6.23. The molecule has 2 aliphatic heterocycles. The molecule has 2 aromatic carbocycles. The summed E-state index contributed by atoms with van der Waals surface area (Å²) in [4.78, 5) is 26.0. The van der Waals surface area contributed by atoms with Crippen molar-refractivity contribution in [1.82, 2.24) is 0 Å². The van der Waals surface area contributed by atoms with Crippen molar-refractivity contribution >= 4 is 23.6 Å². The molecule has 2 fully saturated rings. The van der Waals surface area contributed by atoms with Crippen molar-refractivity contribution in [2.45, 2.75) is 57.3 Å². The minimum Gasteiger partial charge on any atom is -0.497 e. The standard InChI is InChI=1S/C34H38O8/c1-6-39-25-12-10-23(11-13-25)28(19-24-18-26(37-4)14-16-29(24)38-5)33(36)40-20-22-8-7-17-34(3)31(42-34)30-27(15-9-22)21(2)32(35)41-30/h8,10-14,16,18-19,27,30-31H,2,6-7,9,15,17,20H2,1,3-5H3/b22-8+,28-19+/t27-,30-,31-,34+/m0/s1. The van der Waals surface area contributed by atoms with Gasteiger partial charge in [0.05, 0.1) is 32.0 Å². The van der Waals surface area contributed by atoms with Crippen LogP contribution in [0.5, 0.6) is 17.2 Å². The fraction of sp³-hybridized carbons (Fsp3) is 0.412. The number of benzene rings is 2. The van der Waals surface area contributed by atoms with Gasteiger partial charge in [-0.3, -0.25) is 0 Å². The lowest BCUT2D eigenvalue weighted by molar-refractivity contribution is -0.140. The van der Waals surface area contributed by atoms with Crippen molar-refractivity contribution < 1.29 is 38.0 Å². The summed E-state index contributed by atoms with van der Waals surface area (Å²) in [6.07, 6.45) is 6.34. The van der Waals surface area contributed by atoms with E-state index in [4.69, 9.17) is 28.4 Å². The summed E-state index contributed by atoms with van der Waals surface area (Å²) in [5, 5.41) is 0. The molecule has 0 amide bonds. The van der Waals surface area contributed by atoms with Crippen molar-refractivity contribution in [3.63, 3.8) is 0 Å². The second kappa shape index (κ2) is 12.4. The van der Waals surface area contributed by atoms with E-state index in [0.29, 0.717) is 59.0 Å². The van der Waals surface area contributed by atoms with Crippen molar-refractivity contribution in [3.8, 4) is 17.2 Å². The average molecular weight is 575 g/mol. The fourth-order valence-electron chi connectivity index (χ4n) is 5.75. The Morgan fingerprint density at radius 1 is 1.12 bits per heavy atom. The van der Waals surface area contributed by atoms with E-state index in [1.165, 1.54) is 0 Å². The van der Waals surface area contributed by atoms with Crippen LogP contribution < -0.4 is 14.2 Å². The number of allylic oxidation sites excluding steroid dienone is 1. The van der Waals surface area contributed by atoms with Crippen LogP contribution in [0.4, 0.5) is 0 Å². The van der Waals surface area contributed by atoms with Crippen LogP contribution in [0.1, 0.15) is 50.7 Å². The molecule has 0 unspecified atom stereocenters. The molecule has 42 heavy (non-hydrogen) atoms. The molecule has 0 spiro atoms. The highest BCUT2D eigenvalue weighted by atomic mass is 16.6. The number of hydrogen-bond donors (Lipinski definition) is 0. The second-order valence-electron chi connectivity index (χ2n) is 11.0. The molecule has 8 heteroatoms. The molecule has 4 atom stereocenters. The number of carbonyl (C=O) groups excluding carboxylic acids is 2. The van der Waals surface area contributed by atoms with Gasteiger partial charge in [0.25, 0.3) is 0 Å². The smallest absolute Gasteiger partial charge is 0.339 e. The average Bonchev–Trinajstić information content (AvgIpc) is 3.59. The Morgan fingerprint density at radius 3 is 2.60 bits per heavy atom. The summed E-state index contributed by atoms with van der Waals surface area (Å²) in [6.45, 7) is 8.64. The Labute approximate surface area is 246 Å². The molecule has 2 aromatic rings. The van der Waals surface area contributed by atoms with E-state index in [1.807, 2.05) is 37.3 Å². The molecule has 2 heterocycles. The summed E-state index contributed by atoms with van der Waals surface area (Å²) in [7, 11) is 3.17. The van der Waals surface area contributed by atoms with Gasteiger partial charge < -0.3 is 28.4 Å². The maximum Gasteiger partial charge on any atom is 0.339 e. The van der Waals surface area contributed by atoms with Crippen LogP contribution >= 0.6 is 0 Å². The molecule has 3 aliphatic rings. The SMILES string of the molecule is C=C1C(=O)O[C@H]2[C@H]1CC/C(COC(=O)/C(=C/c1cc(OC)ccc1OC)c1ccc(OCC)cc1)=C\CC[C@@]1(C)O[C@@H]21. The van der Waals surface area contributed by atoms with E-state index in [9.17, 15) is 9.59 Å². The first-order valence-electron chi connectivity index (χ1n) is 14.4. The number of epoxide rings is 1. The maximum atomic E-state index is 13.7. The lowest BCUT2D eigenvalue weighted by Crippen LogP contribution is -2.29. The van der Waals surface area contributed by atoms with Gasteiger partial charge in [-0.25, -0.2) is 9.59 Å². The number of fused-ring (bicyclic) bond motifs is 3. The van der Waals surface area contributed by atoms with E-state index in [0.717, 1.165) is 18.4 Å². The van der Waals surface area contributed by atoms with Gasteiger partial charge in [0.1, 0.15) is 36.1 Å². The number of rotatable bonds is 9. The Balaban J connectivity index is 1.38. The first-order valence-corrected chi connectivity index (χ1v) is 14.4. The van der Waals surface area contributed by atoms with Crippen LogP contribution in [-0.4, -0.2) is 57.2 Å². The second-order valence-corrected chi connectivity index (χ2v) is 11.0. The normalized spacial score (nSPS) is 26.6. The lowest BCUT2D eigenvalue weighted by Gasteiger charge is -2.20. The minimum atomic E-state index is -0.471. The highest BCUT2D eigenvalue weighted by Gasteiger charge is 2.61. The monoisotopic (exact) mass is 574 g/mol. The summed E-state index contributed by atoms with van der Waals surface area (Å²) in [5.74, 6) is 1.00. The fourth-order valence-corrected chi connectivity index (χ4v) is 5.75. The van der Waals surface area contributed by atoms with Crippen LogP contribution in [0.25, 0.3) is 11.6 Å². The van der Waals surface area contributed by atoms with E-state index in [2.05, 4.69) is 19.6 Å². The zero-order chi connectivity index (χ0) is 29.9. The molecule has 1 aliphatic carbocycles. The summed E-state index contributed by atoms with van der Waals surface area (Å²) >= 11 is 0. The van der Waals surface area contributed by atoms with Crippen LogP contribution in [0.15, 0.2) is 66.3 Å². The van der Waals surface area contributed by atoms with Crippen molar-refractivity contribution in [3.05, 3.63) is 77.4 Å². The molecule has 5 rings (SSSR count). The van der Waals surface area contributed by atoms with Gasteiger partial charge in [-0.2, -0.15) is 0 Å². The zero-order valence-electron chi connectivity index (χ0n) is 24.6. The third-order valence-electron chi connectivity index (χ3n) is 8.26. The zero-order valence-corrected chi connectivity index (χ0v) is 24.6. The molecule has 0 radical (unpaired) electrons. The number of esters is 2. The van der Waals surface area contributed by atoms with Crippen molar-refractivity contribution in [2.75, 3.05) is 27.4 Å². The van der Waals surface area contributed by atoms with Gasteiger partial charge in [0.2, 0.25) is 0 Å². The third-order valence-corrected chi connectivity index (χ3v) is 8.26. The number of methoxy groups -OCH3 is 2. The lowest BCUT2D eigenvalue weighted by atomic mass is 9.84. The summed E-state index contributed by atoms with van der Waals surface area (Å²) in [6, 6.07) is 12.7. The topological polar surface area (TPSA) is 92.8 Å². The van der Waals surface area contributed by atoms with Crippen LogP contribution in [-0.2, 0) is 23.8 Å². The van der Waals surface area contributed by atoms with Crippen LogP contribution in [0.2, 0.25) is 0 Å². The Hall–Kier alpha value is -4.04. The molecule has 8 nitrogen and oxygen atoms in total. The number of carbonyl (C=O) groups is 2. The first kappa shape index (κ1) is 29.5. The van der Waals surface area contributed by atoms with Crippen LogP contribution in [0.3, 0.4) is 0 Å². The predicted molar refractivity (Wildman–Crippen MR) is 158 cm³/mol. The number of hydrogen-bond acceptors (Lipinski definition) is 8. The molecular formula is C34H38O8. The van der Waals surface area contributed by atoms with Gasteiger partial charge in [0, 0.05) is 17.1 Å². The molecule has 222 valence electrons. The molecule has 0 bridgehead atoms. The van der Waals surface area contributed by atoms with Gasteiger partial charge in [-0.15, -0.1) is 0 Å². The molecular weight excluding hydrogens is 536 g/mol. The van der Waals surface area contributed by atoms with E-state index in [1.54, 1.807) is 32.4 Å². The summed E-state index contributed by atoms with van der Waals surface area (Å²) < 4.78 is 34.1. The van der Waals surface area contributed by atoms with E-state index >= 15 is 0 Å². The highest BCUT2D eigenvalue weighted by Crippen LogP contribution is 2.49. The van der Waals surface area contributed by atoms with Crippen molar-refractivity contribution in [2.24, 2.45) is 5.92 Å². The summed E-state index contributed by atoms with van der Waals surface area (Å²) in [5.41, 5.74) is 2.87. The van der Waals surface area contributed by atoms with Gasteiger partial charge in [0.15, 0.2) is 0 Å². The molecule has 0 saturated carbocycles. The highest BCUT2D eigenvalue weighted by molar-refractivity contribution is 6.21. The maximum absolute atomic E-state index is 13.7. The van der Waals surface area contributed by atoms with E-state index < -0.39 is 5.97 Å². The quantitative estimate of drug-likeness (QED) is 0.119.